The van der Waals surface area contributed by atoms with E-state index in [9.17, 15) is 4.79 Å². The summed E-state index contributed by atoms with van der Waals surface area (Å²) in [5, 5.41) is 2.88. The van der Waals surface area contributed by atoms with Crippen molar-refractivity contribution in [1.29, 1.82) is 0 Å². The Morgan fingerprint density at radius 3 is 2.84 bits per heavy atom. The standard InChI is InChI=1S/C15H13IN2O/c16-13-5-4-10-7-12(8-11(10)9-13)15(19)18-14-3-1-2-6-17-14/h1-6,9,12H,7-8H2,(H,17,18,19)/t12-/m1/s1. The molecule has 0 unspecified atom stereocenters. The molecule has 4 heteroatoms. The quantitative estimate of drug-likeness (QED) is 0.833. The summed E-state index contributed by atoms with van der Waals surface area (Å²) in [5.74, 6) is 0.707. The van der Waals surface area contributed by atoms with Gasteiger partial charge in [0, 0.05) is 15.7 Å². The van der Waals surface area contributed by atoms with Crippen LogP contribution in [0.1, 0.15) is 11.1 Å². The van der Waals surface area contributed by atoms with E-state index in [4.69, 9.17) is 0 Å². The zero-order valence-electron chi connectivity index (χ0n) is 10.3. The Balaban J connectivity index is 1.71. The number of amides is 1. The van der Waals surface area contributed by atoms with Gasteiger partial charge in [0.1, 0.15) is 5.82 Å². The van der Waals surface area contributed by atoms with Gasteiger partial charge in [-0.05, 0) is 70.8 Å². The van der Waals surface area contributed by atoms with Gasteiger partial charge in [0.05, 0.1) is 0 Å². The van der Waals surface area contributed by atoms with Gasteiger partial charge in [-0.15, -0.1) is 0 Å². The minimum absolute atomic E-state index is 0.0233. The van der Waals surface area contributed by atoms with Crippen molar-refractivity contribution in [3.05, 3.63) is 57.3 Å². The molecule has 0 aliphatic heterocycles. The average molecular weight is 364 g/mol. The second-order valence-electron chi connectivity index (χ2n) is 4.72. The van der Waals surface area contributed by atoms with Crippen LogP contribution in [0.25, 0.3) is 0 Å². The summed E-state index contributed by atoms with van der Waals surface area (Å²) in [6.45, 7) is 0. The van der Waals surface area contributed by atoms with Gasteiger partial charge in [-0.1, -0.05) is 12.1 Å². The predicted octanol–water partition coefficient (Wildman–Crippen LogP) is 3.04. The number of carbonyl (C=O) groups excluding carboxylic acids is 1. The lowest BCUT2D eigenvalue weighted by Crippen LogP contribution is -2.23. The Bertz CT molecular complexity index is 613. The molecule has 3 nitrogen and oxygen atoms in total. The maximum atomic E-state index is 12.2. The molecule has 0 fully saturated rings. The summed E-state index contributed by atoms with van der Waals surface area (Å²) in [6.07, 6.45) is 3.33. The molecule has 1 aromatic heterocycles. The Morgan fingerprint density at radius 1 is 1.21 bits per heavy atom. The Labute approximate surface area is 125 Å². The molecular weight excluding hydrogens is 351 g/mol. The van der Waals surface area contributed by atoms with Crippen LogP contribution in [-0.2, 0) is 17.6 Å². The van der Waals surface area contributed by atoms with Crippen LogP contribution in [0.3, 0.4) is 0 Å². The topological polar surface area (TPSA) is 42.0 Å². The van der Waals surface area contributed by atoms with Crippen molar-refractivity contribution in [2.24, 2.45) is 5.92 Å². The molecule has 0 spiro atoms. The van der Waals surface area contributed by atoms with Gasteiger partial charge in [-0.3, -0.25) is 4.79 Å². The lowest BCUT2D eigenvalue weighted by Gasteiger charge is -2.09. The van der Waals surface area contributed by atoms with E-state index in [1.54, 1.807) is 6.20 Å². The minimum atomic E-state index is 0.0233. The van der Waals surface area contributed by atoms with Crippen molar-refractivity contribution >= 4 is 34.3 Å². The van der Waals surface area contributed by atoms with E-state index < -0.39 is 0 Å². The summed E-state index contributed by atoms with van der Waals surface area (Å²) in [7, 11) is 0. The van der Waals surface area contributed by atoms with Crippen LogP contribution in [0.5, 0.6) is 0 Å². The van der Waals surface area contributed by atoms with Crippen LogP contribution in [0.15, 0.2) is 42.6 Å². The molecule has 96 valence electrons. The molecule has 1 amide bonds. The van der Waals surface area contributed by atoms with Gasteiger partial charge in [0.2, 0.25) is 5.91 Å². The van der Waals surface area contributed by atoms with Crippen molar-refractivity contribution < 1.29 is 4.79 Å². The highest BCUT2D eigenvalue weighted by atomic mass is 127. The molecule has 2 aromatic rings. The van der Waals surface area contributed by atoms with Crippen LogP contribution in [0.2, 0.25) is 0 Å². The van der Waals surface area contributed by atoms with Crippen molar-refractivity contribution in [3.8, 4) is 0 Å². The molecule has 0 saturated carbocycles. The number of hydrogen-bond donors (Lipinski definition) is 1. The molecule has 1 heterocycles. The second-order valence-corrected chi connectivity index (χ2v) is 5.97. The van der Waals surface area contributed by atoms with Crippen LogP contribution < -0.4 is 5.32 Å². The molecule has 19 heavy (non-hydrogen) atoms. The van der Waals surface area contributed by atoms with E-state index >= 15 is 0 Å². The summed E-state index contributed by atoms with van der Waals surface area (Å²) < 4.78 is 1.22. The third-order valence-corrected chi connectivity index (χ3v) is 4.06. The fourth-order valence-electron chi connectivity index (χ4n) is 2.44. The molecule has 1 aromatic carbocycles. The lowest BCUT2D eigenvalue weighted by molar-refractivity contribution is -0.119. The predicted molar refractivity (Wildman–Crippen MR) is 82.9 cm³/mol. The number of hydrogen-bond acceptors (Lipinski definition) is 2. The first-order chi connectivity index (χ1) is 9.22. The first-order valence-corrected chi connectivity index (χ1v) is 7.29. The molecule has 1 N–H and O–H groups in total. The van der Waals surface area contributed by atoms with Crippen LogP contribution in [0, 0.1) is 9.49 Å². The van der Waals surface area contributed by atoms with E-state index in [1.165, 1.54) is 14.7 Å². The highest BCUT2D eigenvalue weighted by Gasteiger charge is 2.27. The normalized spacial score (nSPS) is 17.0. The Hall–Kier alpha value is -1.43. The molecule has 1 aliphatic carbocycles. The van der Waals surface area contributed by atoms with Crippen molar-refractivity contribution in [3.63, 3.8) is 0 Å². The maximum absolute atomic E-state index is 12.2. The Morgan fingerprint density at radius 2 is 2.05 bits per heavy atom. The smallest absolute Gasteiger partial charge is 0.229 e. The van der Waals surface area contributed by atoms with E-state index in [1.807, 2.05) is 18.2 Å². The minimum Gasteiger partial charge on any atom is -0.310 e. The molecule has 0 radical (unpaired) electrons. The van der Waals surface area contributed by atoms with Gasteiger partial charge in [-0.2, -0.15) is 0 Å². The van der Waals surface area contributed by atoms with Crippen molar-refractivity contribution in [2.75, 3.05) is 5.32 Å². The SMILES string of the molecule is O=C(Nc1ccccn1)[C@@H]1Cc2ccc(I)cc2C1. The second kappa shape index (κ2) is 5.28. The molecule has 0 saturated heterocycles. The first-order valence-electron chi connectivity index (χ1n) is 6.21. The van der Waals surface area contributed by atoms with E-state index in [2.05, 4.69) is 51.1 Å². The van der Waals surface area contributed by atoms with E-state index in [0.717, 1.165) is 12.8 Å². The molecule has 1 atom stereocenters. The summed E-state index contributed by atoms with van der Waals surface area (Å²) >= 11 is 2.31. The van der Waals surface area contributed by atoms with E-state index in [-0.39, 0.29) is 11.8 Å². The summed E-state index contributed by atoms with van der Waals surface area (Å²) in [4.78, 5) is 16.3. The highest BCUT2D eigenvalue weighted by Crippen LogP contribution is 2.28. The zero-order chi connectivity index (χ0) is 13.2. The molecule has 1 aliphatic rings. The number of fused-ring (bicyclic) bond motifs is 1. The third kappa shape index (κ3) is 2.78. The number of nitrogens with one attached hydrogen (secondary N) is 1. The number of aromatic nitrogens is 1. The van der Waals surface area contributed by atoms with Gasteiger partial charge in [-0.25, -0.2) is 4.98 Å². The summed E-state index contributed by atoms with van der Waals surface area (Å²) in [6, 6.07) is 11.9. The van der Waals surface area contributed by atoms with E-state index in [0.29, 0.717) is 5.82 Å². The molecule has 0 bridgehead atoms. The van der Waals surface area contributed by atoms with Crippen LogP contribution in [0.4, 0.5) is 5.82 Å². The summed E-state index contributed by atoms with van der Waals surface area (Å²) in [5.41, 5.74) is 2.59. The third-order valence-electron chi connectivity index (χ3n) is 3.39. The highest BCUT2D eigenvalue weighted by molar-refractivity contribution is 14.1. The number of nitrogens with zero attached hydrogens (tertiary/aromatic N) is 1. The van der Waals surface area contributed by atoms with Crippen LogP contribution >= 0.6 is 22.6 Å². The average Bonchev–Trinajstić information content (AvgIpc) is 2.83. The lowest BCUT2D eigenvalue weighted by atomic mass is 10.1. The van der Waals surface area contributed by atoms with Gasteiger partial charge in [0.25, 0.3) is 0 Å². The van der Waals surface area contributed by atoms with Gasteiger partial charge >= 0.3 is 0 Å². The number of pyridine rings is 1. The Kier molecular flexibility index (Phi) is 3.50. The molecular formula is C15H13IN2O. The fourth-order valence-corrected chi connectivity index (χ4v) is 2.99. The number of benzene rings is 1. The number of halogens is 1. The van der Waals surface area contributed by atoms with Gasteiger partial charge in [0.15, 0.2) is 0 Å². The maximum Gasteiger partial charge on any atom is 0.229 e. The fraction of sp³-hybridized carbons (Fsp3) is 0.200. The van der Waals surface area contributed by atoms with Crippen molar-refractivity contribution in [1.82, 2.24) is 4.98 Å². The zero-order valence-corrected chi connectivity index (χ0v) is 12.4. The van der Waals surface area contributed by atoms with Gasteiger partial charge < -0.3 is 5.32 Å². The molecule has 3 rings (SSSR count). The monoisotopic (exact) mass is 364 g/mol. The largest absolute Gasteiger partial charge is 0.310 e. The van der Waals surface area contributed by atoms with Crippen LogP contribution in [-0.4, -0.2) is 10.9 Å². The number of rotatable bonds is 2. The number of carbonyl (C=O) groups is 1. The van der Waals surface area contributed by atoms with Crippen molar-refractivity contribution in [2.45, 2.75) is 12.8 Å². The first kappa shape index (κ1) is 12.6. The number of anilines is 1.